The van der Waals surface area contributed by atoms with E-state index in [0.717, 1.165) is 6.26 Å². The van der Waals surface area contributed by atoms with Crippen LogP contribution in [0.1, 0.15) is 17.7 Å². The van der Waals surface area contributed by atoms with E-state index in [1.54, 1.807) is 0 Å². The molecule has 1 atom stereocenters. The Labute approximate surface area is 181 Å². The third-order valence-corrected chi connectivity index (χ3v) is 4.83. The fourth-order valence-corrected chi connectivity index (χ4v) is 3.15. The van der Waals surface area contributed by atoms with E-state index in [4.69, 9.17) is 9.15 Å². The van der Waals surface area contributed by atoms with Crippen molar-refractivity contribution in [1.82, 2.24) is 9.97 Å². The van der Waals surface area contributed by atoms with Crippen molar-refractivity contribution >= 4 is 11.7 Å². The van der Waals surface area contributed by atoms with Gasteiger partial charge in [-0.15, -0.1) is 0 Å². The first-order valence-corrected chi connectivity index (χ1v) is 9.24. The molecular formula is C20H14F6N4O3. The zero-order valence-electron chi connectivity index (χ0n) is 16.6. The number of alkyl halides is 6. The van der Waals surface area contributed by atoms with Crippen LogP contribution in [0.5, 0.6) is 5.75 Å². The zero-order valence-corrected chi connectivity index (χ0v) is 16.6. The van der Waals surface area contributed by atoms with Crippen molar-refractivity contribution in [2.24, 2.45) is 5.10 Å². The topological polar surface area (TPSA) is 84.0 Å². The minimum absolute atomic E-state index is 0.0474. The highest BCUT2D eigenvalue weighted by molar-refractivity contribution is 6.03. The van der Waals surface area contributed by atoms with E-state index in [9.17, 15) is 31.4 Å². The lowest BCUT2D eigenvalue weighted by Gasteiger charge is -2.32. The van der Waals surface area contributed by atoms with Gasteiger partial charge in [0.15, 0.2) is 11.5 Å². The fraction of sp³-hybridized carbons (Fsp3) is 0.250. The molecule has 1 unspecified atom stereocenters. The molecule has 1 aromatic carbocycles. The summed E-state index contributed by atoms with van der Waals surface area (Å²) < 4.78 is 92.1. The Bertz CT molecular complexity index is 1180. The molecule has 7 nitrogen and oxygen atoms in total. The molecule has 33 heavy (non-hydrogen) atoms. The van der Waals surface area contributed by atoms with E-state index in [1.165, 1.54) is 43.5 Å². The van der Waals surface area contributed by atoms with Gasteiger partial charge >= 0.3 is 12.4 Å². The first-order valence-electron chi connectivity index (χ1n) is 9.24. The number of benzene rings is 1. The Morgan fingerprint density at radius 1 is 1.06 bits per heavy atom. The molecule has 3 aromatic rings. The van der Waals surface area contributed by atoms with E-state index in [2.05, 4.69) is 15.1 Å². The van der Waals surface area contributed by atoms with E-state index < -0.39 is 41.8 Å². The van der Waals surface area contributed by atoms with Crippen molar-refractivity contribution in [2.75, 3.05) is 12.1 Å². The molecule has 2 aromatic heterocycles. The number of aromatic nitrogens is 2. The molecular weight excluding hydrogens is 458 g/mol. The summed E-state index contributed by atoms with van der Waals surface area (Å²) >= 11 is 0. The molecule has 0 spiro atoms. The first-order chi connectivity index (χ1) is 15.4. The van der Waals surface area contributed by atoms with Crippen LogP contribution in [0.3, 0.4) is 0 Å². The second kappa shape index (κ2) is 7.76. The summed E-state index contributed by atoms with van der Waals surface area (Å²) in [6, 6.07) is 8.90. The number of aliphatic hydroxyl groups is 1. The van der Waals surface area contributed by atoms with Crippen LogP contribution < -0.4 is 9.75 Å². The van der Waals surface area contributed by atoms with Crippen LogP contribution in [0.15, 0.2) is 58.2 Å². The van der Waals surface area contributed by atoms with Crippen molar-refractivity contribution in [3.63, 3.8) is 0 Å². The third kappa shape index (κ3) is 4.11. The molecule has 0 amide bonds. The Morgan fingerprint density at radius 3 is 2.30 bits per heavy atom. The Morgan fingerprint density at radius 2 is 1.76 bits per heavy atom. The molecule has 4 rings (SSSR count). The maximum atomic E-state index is 13.9. The molecule has 0 fully saturated rings. The quantitative estimate of drug-likeness (QED) is 0.558. The van der Waals surface area contributed by atoms with Crippen molar-refractivity contribution in [3.8, 4) is 17.2 Å². The number of ether oxygens (including phenoxy) is 1. The number of methoxy groups -OCH3 is 1. The van der Waals surface area contributed by atoms with Gasteiger partial charge < -0.3 is 14.3 Å². The Hall–Kier alpha value is -3.61. The predicted octanol–water partition coefficient (Wildman–Crippen LogP) is 4.63. The molecule has 0 radical (unpaired) electrons. The summed E-state index contributed by atoms with van der Waals surface area (Å²) in [4.78, 5) is 6.99. The average molecular weight is 472 g/mol. The number of hydrogen-bond donors (Lipinski definition) is 1. The van der Waals surface area contributed by atoms with Crippen LogP contribution in [-0.4, -0.2) is 39.8 Å². The van der Waals surface area contributed by atoms with Gasteiger partial charge in [-0.05, 0) is 48.0 Å². The average Bonchev–Trinajstić information content (AvgIpc) is 3.41. The van der Waals surface area contributed by atoms with Crippen molar-refractivity contribution in [2.45, 2.75) is 24.5 Å². The number of hydrazone groups is 1. The Balaban J connectivity index is 1.87. The number of halogens is 6. The Kier molecular flexibility index (Phi) is 5.31. The maximum absolute atomic E-state index is 13.9. The molecule has 0 saturated carbocycles. The van der Waals surface area contributed by atoms with Gasteiger partial charge in [-0.25, -0.2) is 9.97 Å². The van der Waals surface area contributed by atoms with Gasteiger partial charge in [-0.2, -0.15) is 36.5 Å². The number of nitrogens with zero attached hydrogens (tertiary/aromatic N) is 4. The first kappa shape index (κ1) is 22.6. The van der Waals surface area contributed by atoms with E-state index in [0.29, 0.717) is 11.8 Å². The molecule has 0 bridgehead atoms. The molecule has 1 N–H and O–H groups in total. The zero-order chi connectivity index (χ0) is 24.0. The van der Waals surface area contributed by atoms with Crippen LogP contribution in [-0.2, 0) is 6.18 Å². The highest BCUT2D eigenvalue weighted by Gasteiger charge is 2.63. The monoisotopic (exact) mass is 472 g/mol. The van der Waals surface area contributed by atoms with Crippen molar-refractivity contribution < 1.29 is 40.6 Å². The minimum atomic E-state index is -5.31. The standard InChI is InChI=1S/C20H14F6N4O3/c1-32-12-6-4-11(5-7-12)14-10-18(31,20(24,25)26)30(29-14)17-27-13(15-3-2-8-33-15)9-16(28-17)19(21,22)23/h2-9,31H,10H2,1H3. The van der Waals surface area contributed by atoms with Gasteiger partial charge in [0.1, 0.15) is 11.4 Å². The van der Waals surface area contributed by atoms with Crippen LogP contribution in [0.25, 0.3) is 11.5 Å². The van der Waals surface area contributed by atoms with Gasteiger partial charge in [0.25, 0.3) is 5.72 Å². The summed E-state index contributed by atoms with van der Waals surface area (Å²) in [5, 5.41) is 14.3. The van der Waals surface area contributed by atoms with Crippen molar-refractivity contribution in [1.29, 1.82) is 0 Å². The highest BCUT2D eigenvalue weighted by Crippen LogP contribution is 2.44. The largest absolute Gasteiger partial charge is 0.497 e. The van der Waals surface area contributed by atoms with Gasteiger partial charge in [-0.3, -0.25) is 0 Å². The van der Waals surface area contributed by atoms with Gasteiger partial charge in [0.05, 0.1) is 25.5 Å². The molecule has 174 valence electrons. The SMILES string of the molecule is COc1ccc(C2=NN(c3nc(-c4ccco4)cc(C(F)(F)F)n3)C(O)(C(F)(F)F)C2)cc1. The van der Waals surface area contributed by atoms with E-state index in [1.807, 2.05) is 0 Å². The molecule has 13 heteroatoms. The van der Waals surface area contributed by atoms with Crippen LogP contribution in [0, 0.1) is 0 Å². The van der Waals surface area contributed by atoms with E-state index >= 15 is 0 Å². The maximum Gasteiger partial charge on any atom is 0.438 e. The highest BCUT2D eigenvalue weighted by atomic mass is 19.4. The predicted molar refractivity (Wildman–Crippen MR) is 102 cm³/mol. The summed E-state index contributed by atoms with van der Waals surface area (Å²) in [5.41, 5.74) is -5.70. The van der Waals surface area contributed by atoms with E-state index in [-0.39, 0.29) is 22.0 Å². The molecule has 1 aliphatic heterocycles. The number of hydrogen-bond acceptors (Lipinski definition) is 7. The van der Waals surface area contributed by atoms with Crippen molar-refractivity contribution in [3.05, 3.63) is 60.0 Å². The molecule has 3 heterocycles. The summed E-state index contributed by atoms with van der Waals surface area (Å²) in [5.74, 6) is -0.817. The minimum Gasteiger partial charge on any atom is -0.497 e. The van der Waals surface area contributed by atoms with Crippen LogP contribution in [0.4, 0.5) is 32.3 Å². The van der Waals surface area contributed by atoms with Gasteiger partial charge in [-0.1, -0.05) is 0 Å². The second-order valence-corrected chi connectivity index (χ2v) is 6.99. The summed E-state index contributed by atoms with van der Waals surface area (Å²) in [7, 11) is 1.40. The van der Waals surface area contributed by atoms with Crippen LogP contribution in [0.2, 0.25) is 0 Å². The molecule has 1 aliphatic rings. The lowest BCUT2D eigenvalue weighted by molar-refractivity contribution is -0.254. The summed E-state index contributed by atoms with van der Waals surface area (Å²) in [6.45, 7) is 0. The normalized spacial score (nSPS) is 19.0. The number of furan rings is 1. The number of rotatable bonds is 4. The second-order valence-electron chi connectivity index (χ2n) is 6.99. The van der Waals surface area contributed by atoms with Crippen LogP contribution >= 0.6 is 0 Å². The number of anilines is 1. The van der Waals surface area contributed by atoms with Gasteiger partial charge in [0, 0.05) is 0 Å². The molecule has 0 aliphatic carbocycles. The smallest absolute Gasteiger partial charge is 0.438 e. The lowest BCUT2D eigenvalue weighted by Crippen LogP contribution is -2.55. The summed E-state index contributed by atoms with van der Waals surface area (Å²) in [6.07, 6.45) is -10.2. The molecule has 0 saturated heterocycles. The third-order valence-electron chi connectivity index (χ3n) is 4.83. The fourth-order valence-electron chi connectivity index (χ4n) is 3.15. The lowest BCUT2D eigenvalue weighted by atomic mass is 10.0. The van der Waals surface area contributed by atoms with Gasteiger partial charge in [0.2, 0.25) is 5.95 Å².